The Morgan fingerprint density at radius 3 is 1.02 bits per heavy atom. The van der Waals surface area contributed by atoms with Crippen LogP contribution in [0.15, 0.2) is 0 Å². The normalized spacial score (nSPS) is 12.5. The summed E-state index contributed by atoms with van der Waals surface area (Å²) in [6.45, 7) is 11.3. The van der Waals surface area contributed by atoms with E-state index in [9.17, 15) is 14.4 Å². The molecule has 0 rings (SSSR count). The Bertz CT molecular complexity index is 856. The molecule has 6 heteroatoms. The average Bonchev–Trinajstić information content (AvgIpc) is 3.18. The van der Waals surface area contributed by atoms with Crippen LogP contribution >= 0.6 is 0 Å². The fourth-order valence-electron chi connectivity index (χ4n) is 7.43. The monoisotopic (exact) mass is 793 g/mol. The number of carbonyl (C=O) groups is 3. The van der Waals surface area contributed by atoms with E-state index >= 15 is 0 Å². The molecule has 0 aromatic heterocycles. The van der Waals surface area contributed by atoms with Crippen molar-refractivity contribution in [2.45, 2.75) is 278 Å². The summed E-state index contributed by atoms with van der Waals surface area (Å²) in [5, 5.41) is 0. The molecule has 0 aromatic rings. The van der Waals surface area contributed by atoms with Gasteiger partial charge in [-0.2, -0.15) is 0 Å². The Kier molecular flexibility index (Phi) is 41.8. The second-order valence-electron chi connectivity index (χ2n) is 17.8. The van der Waals surface area contributed by atoms with Crippen molar-refractivity contribution in [3.05, 3.63) is 0 Å². The van der Waals surface area contributed by atoms with Crippen LogP contribution in [0.25, 0.3) is 0 Å². The Hall–Kier alpha value is -1.59. The highest BCUT2D eigenvalue weighted by molar-refractivity contribution is 5.71. The van der Waals surface area contributed by atoms with E-state index in [0.29, 0.717) is 19.3 Å². The van der Waals surface area contributed by atoms with E-state index in [2.05, 4.69) is 34.6 Å². The zero-order valence-electron chi connectivity index (χ0n) is 38.3. The van der Waals surface area contributed by atoms with Gasteiger partial charge in [0, 0.05) is 19.3 Å². The number of ether oxygens (including phenoxy) is 3. The number of rotatable bonds is 44. The van der Waals surface area contributed by atoms with E-state index in [4.69, 9.17) is 14.2 Å². The lowest BCUT2D eigenvalue weighted by atomic mass is 10.00. The van der Waals surface area contributed by atoms with E-state index in [1.165, 1.54) is 161 Å². The van der Waals surface area contributed by atoms with Crippen molar-refractivity contribution in [2.24, 2.45) is 11.8 Å². The molecule has 0 fully saturated rings. The van der Waals surface area contributed by atoms with Crippen LogP contribution in [0.5, 0.6) is 0 Å². The highest BCUT2D eigenvalue weighted by Gasteiger charge is 2.19. The van der Waals surface area contributed by atoms with Crippen LogP contribution in [-0.4, -0.2) is 37.2 Å². The van der Waals surface area contributed by atoms with Gasteiger partial charge in [0.05, 0.1) is 0 Å². The lowest BCUT2D eigenvalue weighted by molar-refractivity contribution is -0.167. The van der Waals surface area contributed by atoms with Gasteiger partial charge >= 0.3 is 17.9 Å². The van der Waals surface area contributed by atoms with Gasteiger partial charge in [-0.1, -0.05) is 234 Å². The van der Waals surface area contributed by atoms with Crippen LogP contribution in [0.1, 0.15) is 272 Å². The van der Waals surface area contributed by atoms with E-state index in [0.717, 1.165) is 69.6 Å². The minimum atomic E-state index is -0.762. The molecule has 0 amide bonds. The smallest absolute Gasteiger partial charge is 0.306 e. The maximum Gasteiger partial charge on any atom is 0.306 e. The summed E-state index contributed by atoms with van der Waals surface area (Å²) in [5.74, 6) is 0.717. The summed E-state index contributed by atoms with van der Waals surface area (Å²) in [5.41, 5.74) is 0. The zero-order valence-corrected chi connectivity index (χ0v) is 38.3. The van der Waals surface area contributed by atoms with Crippen LogP contribution in [0.3, 0.4) is 0 Å². The molecule has 6 nitrogen and oxygen atoms in total. The lowest BCUT2D eigenvalue weighted by Crippen LogP contribution is -2.30. The predicted octanol–water partition coefficient (Wildman–Crippen LogP) is 15.8. The van der Waals surface area contributed by atoms with E-state index in [-0.39, 0.29) is 31.1 Å². The van der Waals surface area contributed by atoms with Gasteiger partial charge in [-0.15, -0.1) is 0 Å². The summed E-state index contributed by atoms with van der Waals surface area (Å²) in [4.78, 5) is 37.7. The first-order valence-corrected chi connectivity index (χ1v) is 24.8. The van der Waals surface area contributed by atoms with Crippen LogP contribution in [0.4, 0.5) is 0 Å². The van der Waals surface area contributed by atoms with Gasteiger partial charge in [0.2, 0.25) is 0 Å². The van der Waals surface area contributed by atoms with Gasteiger partial charge in [-0.25, -0.2) is 0 Å². The van der Waals surface area contributed by atoms with Crippen LogP contribution < -0.4 is 0 Å². The second kappa shape index (κ2) is 43.0. The minimum Gasteiger partial charge on any atom is -0.462 e. The highest BCUT2D eigenvalue weighted by atomic mass is 16.6. The van der Waals surface area contributed by atoms with E-state index in [1.807, 2.05) is 0 Å². The standard InChI is InChI=1S/C50H96O6/c1-6-8-9-10-11-12-13-14-15-16-17-18-19-20-21-22-23-32-37-42-50(53)56-47(43-54-48(51)40-35-30-26-24-28-33-38-45(3)4)44-55-49(52)41-36-31-27-25-29-34-39-46(5)7-2/h45-47H,6-44H2,1-5H3/t46?,47-/m1/s1. The molecule has 0 aliphatic heterocycles. The number of unbranched alkanes of at least 4 members (excludes halogenated alkanes) is 28. The first-order chi connectivity index (χ1) is 27.3. The van der Waals surface area contributed by atoms with E-state index in [1.54, 1.807) is 0 Å². The Balaban J connectivity index is 4.23. The Labute approximate surface area is 348 Å². The molecule has 0 spiro atoms. The maximum absolute atomic E-state index is 12.8. The topological polar surface area (TPSA) is 78.9 Å². The van der Waals surface area contributed by atoms with Gasteiger partial charge in [-0.3, -0.25) is 14.4 Å². The summed E-state index contributed by atoms with van der Waals surface area (Å²) >= 11 is 0. The Morgan fingerprint density at radius 1 is 0.375 bits per heavy atom. The van der Waals surface area contributed by atoms with Crippen LogP contribution in [-0.2, 0) is 28.6 Å². The van der Waals surface area contributed by atoms with Crippen LogP contribution in [0.2, 0.25) is 0 Å². The summed E-state index contributed by atoms with van der Waals surface area (Å²) < 4.78 is 16.7. The molecule has 0 aliphatic carbocycles. The van der Waals surface area contributed by atoms with Crippen molar-refractivity contribution in [3.63, 3.8) is 0 Å². The van der Waals surface area contributed by atoms with Crippen molar-refractivity contribution >= 4 is 17.9 Å². The number of carbonyl (C=O) groups excluding carboxylic acids is 3. The van der Waals surface area contributed by atoms with Crippen molar-refractivity contribution in [3.8, 4) is 0 Å². The number of esters is 3. The molecule has 1 unspecified atom stereocenters. The first kappa shape index (κ1) is 54.4. The van der Waals surface area contributed by atoms with Gasteiger partial charge in [-0.05, 0) is 31.1 Å². The molecule has 0 heterocycles. The SMILES string of the molecule is CCCCCCCCCCCCCCCCCCCCCC(=O)O[C@H](COC(=O)CCCCCCCCC(C)C)COC(=O)CCCCCCCCC(C)CC. The Morgan fingerprint density at radius 2 is 0.679 bits per heavy atom. The fourth-order valence-corrected chi connectivity index (χ4v) is 7.43. The second-order valence-corrected chi connectivity index (χ2v) is 17.8. The van der Waals surface area contributed by atoms with Crippen molar-refractivity contribution in [2.75, 3.05) is 13.2 Å². The van der Waals surface area contributed by atoms with Gasteiger partial charge in [0.1, 0.15) is 13.2 Å². The third-order valence-electron chi connectivity index (χ3n) is 11.6. The third-order valence-corrected chi connectivity index (χ3v) is 11.6. The molecule has 0 aliphatic rings. The fraction of sp³-hybridized carbons (Fsp3) is 0.940. The highest BCUT2D eigenvalue weighted by Crippen LogP contribution is 2.17. The molecule has 0 radical (unpaired) electrons. The maximum atomic E-state index is 12.8. The van der Waals surface area contributed by atoms with Gasteiger partial charge < -0.3 is 14.2 Å². The molecule has 332 valence electrons. The predicted molar refractivity (Wildman–Crippen MR) is 238 cm³/mol. The zero-order chi connectivity index (χ0) is 41.2. The molecule has 0 saturated heterocycles. The van der Waals surface area contributed by atoms with Crippen LogP contribution in [0, 0.1) is 11.8 Å². The van der Waals surface area contributed by atoms with E-state index < -0.39 is 6.10 Å². The molecular formula is C50H96O6. The van der Waals surface area contributed by atoms with Crippen molar-refractivity contribution < 1.29 is 28.6 Å². The summed E-state index contributed by atoms with van der Waals surface area (Å²) in [6.07, 6.45) is 42.5. The quantitative estimate of drug-likeness (QED) is 0.0347. The molecule has 0 N–H and O–H groups in total. The summed E-state index contributed by atoms with van der Waals surface area (Å²) in [7, 11) is 0. The van der Waals surface area contributed by atoms with Gasteiger partial charge in [0.25, 0.3) is 0 Å². The van der Waals surface area contributed by atoms with Gasteiger partial charge in [0.15, 0.2) is 6.10 Å². The number of hydrogen-bond acceptors (Lipinski definition) is 6. The van der Waals surface area contributed by atoms with Crippen molar-refractivity contribution in [1.29, 1.82) is 0 Å². The number of hydrogen-bond donors (Lipinski definition) is 0. The molecule has 0 aromatic carbocycles. The molecule has 2 atom stereocenters. The molecule has 56 heavy (non-hydrogen) atoms. The first-order valence-electron chi connectivity index (χ1n) is 24.8. The average molecular weight is 793 g/mol. The largest absolute Gasteiger partial charge is 0.462 e. The molecular weight excluding hydrogens is 697 g/mol. The third kappa shape index (κ3) is 42.0. The molecule has 0 saturated carbocycles. The summed E-state index contributed by atoms with van der Waals surface area (Å²) in [6, 6.07) is 0. The van der Waals surface area contributed by atoms with Crippen molar-refractivity contribution in [1.82, 2.24) is 0 Å². The lowest BCUT2D eigenvalue weighted by Gasteiger charge is -2.18. The minimum absolute atomic E-state index is 0.0664. The molecule has 0 bridgehead atoms.